The van der Waals surface area contributed by atoms with Crippen LogP contribution in [0, 0.1) is 0 Å². The van der Waals surface area contributed by atoms with Gasteiger partial charge in [-0.1, -0.05) is 6.92 Å². The van der Waals surface area contributed by atoms with Crippen LogP contribution < -0.4 is 15.5 Å². The van der Waals surface area contributed by atoms with Crippen molar-refractivity contribution in [2.24, 2.45) is 0 Å². The lowest BCUT2D eigenvalue weighted by molar-refractivity contribution is 0.0697. The molecule has 2 saturated heterocycles. The first kappa shape index (κ1) is 23.5. The molecule has 1 amide bonds. The van der Waals surface area contributed by atoms with Gasteiger partial charge in [0.25, 0.3) is 5.91 Å². The molecule has 0 aliphatic carbocycles. The van der Waals surface area contributed by atoms with Crippen molar-refractivity contribution in [2.45, 2.75) is 64.5 Å². The Morgan fingerprint density at radius 1 is 1.17 bits per heavy atom. The van der Waals surface area contributed by atoms with E-state index >= 15 is 0 Å². The van der Waals surface area contributed by atoms with Gasteiger partial charge in [0.1, 0.15) is 11.6 Å². The summed E-state index contributed by atoms with van der Waals surface area (Å²) in [5, 5.41) is 7.40. The number of hydrogen-bond acceptors (Lipinski definition) is 7. The number of amides is 1. The zero-order valence-corrected chi connectivity index (χ0v) is 20.7. The summed E-state index contributed by atoms with van der Waals surface area (Å²) >= 11 is 0. The third-order valence-electron chi connectivity index (χ3n) is 7.12. The van der Waals surface area contributed by atoms with Gasteiger partial charge in [-0.15, -0.1) is 0 Å². The number of nitrogens with zero attached hydrogens (tertiary/aromatic N) is 5. The highest BCUT2D eigenvalue weighted by atomic mass is 16.5. The third-order valence-corrected chi connectivity index (χ3v) is 7.12. The molecule has 2 fully saturated rings. The molecule has 3 aromatic rings. The molecule has 35 heavy (non-hydrogen) atoms. The number of carbonyl (C=O) groups is 1. The fourth-order valence-electron chi connectivity index (χ4n) is 4.86. The second-order valence-corrected chi connectivity index (χ2v) is 9.57. The Labute approximate surface area is 206 Å². The van der Waals surface area contributed by atoms with Gasteiger partial charge in [-0.3, -0.25) is 4.79 Å². The fourth-order valence-corrected chi connectivity index (χ4v) is 4.86. The molecule has 2 N–H and O–H groups in total. The van der Waals surface area contributed by atoms with Crippen LogP contribution in [0.2, 0.25) is 0 Å². The molecular formula is C26H35N7O2. The van der Waals surface area contributed by atoms with Crippen LogP contribution in [-0.2, 0) is 4.74 Å². The molecule has 5 heterocycles. The summed E-state index contributed by atoms with van der Waals surface area (Å²) < 4.78 is 7.61. The maximum Gasteiger partial charge on any atom is 0.253 e. The Hall–Kier alpha value is -3.20. The van der Waals surface area contributed by atoms with Crippen LogP contribution in [0.5, 0.6) is 0 Å². The minimum atomic E-state index is -0.0477. The number of fused-ring (bicyclic) bond motifs is 1. The lowest BCUT2D eigenvalue weighted by Gasteiger charge is -2.26. The van der Waals surface area contributed by atoms with Crippen molar-refractivity contribution in [1.82, 2.24) is 24.8 Å². The molecule has 3 aromatic heterocycles. The van der Waals surface area contributed by atoms with Gasteiger partial charge < -0.3 is 24.8 Å². The number of rotatable bonds is 7. The Bertz CT molecular complexity index is 1170. The second-order valence-electron chi connectivity index (χ2n) is 9.57. The van der Waals surface area contributed by atoms with Crippen LogP contribution in [0.25, 0.3) is 10.9 Å². The van der Waals surface area contributed by atoms with Crippen molar-refractivity contribution >= 4 is 34.4 Å². The van der Waals surface area contributed by atoms with Crippen LogP contribution in [0.15, 0.2) is 30.7 Å². The van der Waals surface area contributed by atoms with Gasteiger partial charge >= 0.3 is 0 Å². The summed E-state index contributed by atoms with van der Waals surface area (Å²) in [5.41, 5.74) is 1.65. The predicted molar refractivity (Wildman–Crippen MR) is 137 cm³/mol. The molecule has 0 aromatic carbocycles. The topological polar surface area (TPSA) is 97.2 Å². The average Bonchev–Trinajstić information content (AvgIpc) is 3.28. The van der Waals surface area contributed by atoms with Crippen LogP contribution in [0.1, 0.15) is 68.8 Å². The molecule has 0 saturated carbocycles. The number of piperidine rings is 1. The van der Waals surface area contributed by atoms with E-state index in [2.05, 4.69) is 43.9 Å². The van der Waals surface area contributed by atoms with Gasteiger partial charge in [-0.2, -0.15) is 4.98 Å². The highest BCUT2D eigenvalue weighted by molar-refractivity contribution is 6.07. The third kappa shape index (κ3) is 5.24. The van der Waals surface area contributed by atoms with Gasteiger partial charge in [0.2, 0.25) is 5.95 Å². The van der Waals surface area contributed by atoms with E-state index in [9.17, 15) is 4.79 Å². The van der Waals surface area contributed by atoms with E-state index in [0.717, 1.165) is 49.2 Å². The zero-order valence-electron chi connectivity index (χ0n) is 20.7. The van der Waals surface area contributed by atoms with E-state index < -0.39 is 0 Å². The lowest BCUT2D eigenvalue weighted by atomic mass is 10.1. The monoisotopic (exact) mass is 477 g/mol. The van der Waals surface area contributed by atoms with E-state index in [0.29, 0.717) is 30.4 Å². The Morgan fingerprint density at radius 3 is 2.74 bits per heavy atom. The number of anilines is 3. The molecular weight excluding hydrogens is 442 g/mol. The molecule has 0 spiro atoms. The first-order valence-corrected chi connectivity index (χ1v) is 12.9. The van der Waals surface area contributed by atoms with Crippen molar-refractivity contribution in [3.63, 3.8) is 0 Å². The van der Waals surface area contributed by atoms with E-state index in [1.54, 1.807) is 12.4 Å². The number of ether oxygens (including phenoxy) is 1. The molecule has 5 rings (SSSR count). The number of hydrogen-bond donors (Lipinski definition) is 2. The van der Waals surface area contributed by atoms with Crippen molar-refractivity contribution in [3.8, 4) is 0 Å². The van der Waals surface area contributed by atoms with Crippen LogP contribution in [0.4, 0.5) is 17.6 Å². The van der Waals surface area contributed by atoms with E-state index in [-0.39, 0.29) is 18.0 Å². The largest absolute Gasteiger partial charge is 0.381 e. The standard InChI is InChI=1S/C26H35N7O2/c1-3-18(2)33-17-21(25(34)29-19-8-13-35-14-9-19)20-16-28-24(15-22(20)33)30-23-7-10-27-26(31-23)32-11-5-4-6-12-32/h7,10,15-19H,3-6,8-9,11-14H2,1-2H3,(H,29,34)(H,27,28,30,31). The quantitative estimate of drug-likeness (QED) is 0.519. The van der Waals surface area contributed by atoms with Crippen molar-refractivity contribution < 1.29 is 9.53 Å². The first-order valence-electron chi connectivity index (χ1n) is 12.9. The summed E-state index contributed by atoms with van der Waals surface area (Å²) in [6.07, 6.45) is 11.8. The average molecular weight is 478 g/mol. The summed E-state index contributed by atoms with van der Waals surface area (Å²) in [5.74, 6) is 2.12. The van der Waals surface area contributed by atoms with Gasteiger partial charge in [0.15, 0.2) is 0 Å². The SMILES string of the molecule is CCC(C)n1cc(C(=O)NC2CCOCC2)c2cnc(Nc3ccnc(N4CCCCC4)n3)cc21. The van der Waals surface area contributed by atoms with Crippen LogP contribution in [0.3, 0.4) is 0 Å². The van der Waals surface area contributed by atoms with Crippen LogP contribution >= 0.6 is 0 Å². The maximum atomic E-state index is 13.2. The van der Waals surface area contributed by atoms with Crippen molar-refractivity contribution in [2.75, 3.05) is 36.5 Å². The highest BCUT2D eigenvalue weighted by Crippen LogP contribution is 2.29. The molecule has 9 nitrogen and oxygen atoms in total. The molecule has 2 aliphatic heterocycles. The first-order chi connectivity index (χ1) is 17.1. The van der Waals surface area contributed by atoms with Crippen molar-refractivity contribution in [1.29, 1.82) is 0 Å². The molecule has 0 bridgehead atoms. The molecule has 186 valence electrons. The Balaban J connectivity index is 1.41. The van der Waals surface area contributed by atoms with Gasteiger partial charge in [-0.05, 0) is 51.5 Å². The molecule has 0 radical (unpaired) electrons. The molecule has 1 atom stereocenters. The lowest BCUT2D eigenvalue weighted by Crippen LogP contribution is -2.38. The minimum Gasteiger partial charge on any atom is -0.381 e. The van der Waals surface area contributed by atoms with E-state index in [1.807, 2.05) is 18.3 Å². The number of carbonyl (C=O) groups excluding carboxylic acids is 1. The summed E-state index contributed by atoms with van der Waals surface area (Å²) in [4.78, 5) is 29.3. The summed E-state index contributed by atoms with van der Waals surface area (Å²) in [7, 11) is 0. The normalized spacial score (nSPS) is 17.9. The molecule has 9 heteroatoms. The van der Waals surface area contributed by atoms with Gasteiger partial charge in [-0.25, -0.2) is 9.97 Å². The predicted octanol–water partition coefficient (Wildman–Crippen LogP) is 4.44. The number of aromatic nitrogens is 4. The van der Waals surface area contributed by atoms with E-state index in [4.69, 9.17) is 9.72 Å². The highest BCUT2D eigenvalue weighted by Gasteiger charge is 2.22. The minimum absolute atomic E-state index is 0.0477. The zero-order chi connectivity index (χ0) is 24.2. The van der Waals surface area contributed by atoms with Gasteiger partial charge in [0, 0.05) is 68.4 Å². The van der Waals surface area contributed by atoms with E-state index in [1.165, 1.54) is 19.3 Å². The van der Waals surface area contributed by atoms with Crippen molar-refractivity contribution in [3.05, 3.63) is 36.3 Å². The Morgan fingerprint density at radius 2 is 1.97 bits per heavy atom. The second kappa shape index (κ2) is 10.6. The maximum absolute atomic E-state index is 13.2. The summed E-state index contributed by atoms with van der Waals surface area (Å²) in [6.45, 7) is 7.70. The number of nitrogens with one attached hydrogen (secondary N) is 2. The molecule has 2 aliphatic rings. The number of pyridine rings is 1. The fraction of sp³-hybridized carbons (Fsp3) is 0.538. The Kier molecular flexibility index (Phi) is 7.13. The smallest absolute Gasteiger partial charge is 0.253 e. The summed E-state index contributed by atoms with van der Waals surface area (Å²) in [6, 6.07) is 4.27. The van der Waals surface area contributed by atoms with Gasteiger partial charge in [0.05, 0.1) is 11.1 Å². The molecule has 1 unspecified atom stereocenters. The van der Waals surface area contributed by atoms with Crippen LogP contribution in [-0.4, -0.2) is 57.8 Å².